The van der Waals surface area contributed by atoms with Crippen molar-refractivity contribution in [3.63, 3.8) is 0 Å². The van der Waals surface area contributed by atoms with Gasteiger partial charge in [-0.15, -0.1) is 0 Å². The zero-order chi connectivity index (χ0) is 16.2. The lowest BCUT2D eigenvalue weighted by Crippen LogP contribution is -2.42. The predicted molar refractivity (Wildman–Crippen MR) is 99.2 cm³/mol. The van der Waals surface area contributed by atoms with Gasteiger partial charge in [0.05, 0.1) is 6.54 Å². The molecule has 1 aromatic carbocycles. The van der Waals surface area contributed by atoms with Crippen LogP contribution < -0.4 is 10.6 Å². The number of thioether (sulfide) groups is 1. The van der Waals surface area contributed by atoms with Crippen LogP contribution in [0.15, 0.2) is 33.7 Å². The second-order valence-electron chi connectivity index (χ2n) is 6.08. The van der Waals surface area contributed by atoms with Gasteiger partial charge in [0.25, 0.3) is 0 Å². The minimum Gasteiger partial charge on any atom is -0.459 e. The number of fused-ring (bicyclic) bond motifs is 1. The molecule has 1 aromatic heterocycles. The lowest BCUT2D eigenvalue weighted by atomic mass is 10.1. The summed E-state index contributed by atoms with van der Waals surface area (Å²) in [5, 5.41) is 8.89. The summed E-state index contributed by atoms with van der Waals surface area (Å²) >= 11 is 1.97. The first-order valence-corrected chi connectivity index (χ1v) is 9.47. The number of benzene rings is 1. The number of aliphatic imine (C=N–C) groups is 1. The fourth-order valence-electron chi connectivity index (χ4n) is 3.23. The zero-order valence-electron chi connectivity index (χ0n) is 14.1. The van der Waals surface area contributed by atoms with Gasteiger partial charge in [-0.2, -0.15) is 11.8 Å². The van der Waals surface area contributed by atoms with Crippen molar-refractivity contribution < 1.29 is 4.42 Å². The van der Waals surface area contributed by atoms with Gasteiger partial charge < -0.3 is 15.1 Å². The van der Waals surface area contributed by atoms with Crippen LogP contribution in [0.5, 0.6) is 0 Å². The highest BCUT2D eigenvalue weighted by atomic mass is 32.2. The smallest absolute Gasteiger partial charge is 0.191 e. The van der Waals surface area contributed by atoms with Crippen LogP contribution in [0.1, 0.15) is 30.6 Å². The minimum absolute atomic E-state index is 0.524. The second kappa shape index (κ2) is 7.30. The average Bonchev–Trinajstić information content (AvgIpc) is 3.16. The van der Waals surface area contributed by atoms with Crippen molar-refractivity contribution in [2.75, 3.05) is 13.3 Å². The van der Waals surface area contributed by atoms with Crippen LogP contribution in [-0.2, 0) is 6.54 Å². The maximum Gasteiger partial charge on any atom is 0.191 e. The monoisotopic (exact) mass is 331 g/mol. The maximum absolute atomic E-state index is 5.95. The number of nitrogens with one attached hydrogen (secondary N) is 2. The van der Waals surface area contributed by atoms with E-state index in [2.05, 4.69) is 34.9 Å². The SMILES string of the molecule is CN=C(NCc1oc2ccccc2c1C)NC1CCC(SC)C1. The first-order valence-electron chi connectivity index (χ1n) is 8.18. The molecule has 23 heavy (non-hydrogen) atoms. The Balaban J connectivity index is 1.60. The van der Waals surface area contributed by atoms with Gasteiger partial charge in [-0.25, -0.2) is 0 Å². The molecule has 1 fully saturated rings. The first kappa shape index (κ1) is 16.2. The Morgan fingerprint density at radius 3 is 2.87 bits per heavy atom. The first-order chi connectivity index (χ1) is 11.2. The normalized spacial score (nSPS) is 21.8. The lowest BCUT2D eigenvalue weighted by Gasteiger charge is -2.17. The summed E-state index contributed by atoms with van der Waals surface area (Å²) in [6, 6.07) is 8.69. The zero-order valence-corrected chi connectivity index (χ0v) is 14.9. The van der Waals surface area contributed by atoms with E-state index >= 15 is 0 Å². The molecule has 3 rings (SSSR count). The van der Waals surface area contributed by atoms with Crippen LogP contribution in [0.2, 0.25) is 0 Å². The van der Waals surface area contributed by atoms with Gasteiger partial charge in [-0.1, -0.05) is 18.2 Å². The summed E-state index contributed by atoms with van der Waals surface area (Å²) in [7, 11) is 1.82. The summed E-state index contributed by atoms with van der Waals surface area (Å²) < 4.78 is 5.95. The quantitative estimate of drug-likeness (QED) is 0.663. The van der Waals surface area contributed by atoms with Gasteiger partial charge in [0.15, 0.2) is 5.96 Å². The molecule has 0 bridgehead atoms. The van der Waals surface area contributed by atoms with E-state index in [0.29, 0.717) is 12.6 Å². The molecule has 2 N–H and O–H groups in total. The molecule has 0 amide bonds. The van der Waals surface area contributed by atoms with Crippen molar-refractivity contribution in [1.29, 1.82) is 0 Å². The summed E-state index contributed by atoms with van der Waals surface area (Å²) in [5.41, 5.74) is 2.15. The van der Waals surface area contributed by atoms with Gasteiger partial charge >= 0.3 is 0 Å². The average molecular weight is 331 g/mol. The lowest BCUT2D eigenvalue weighted by molar-refractivity contribution is 0.530. The van der Waals surface area contributed by atoms with Crippen molar-refractivity contribution in [3.05, 3.63) is 35.6 Å². The minimum atomic E-state index is 0.524. The number of guanidine groups is 1. The van der Waals surface area contributed by atoms with Gasteiger partial charge in [0.2, 0.25) is 0 Å². The third kappa shape index (κ3) is 3.66. The van der Waals surface area contributed by atoms with Crippen LogP contribution in [0.4, 0.5) is 0 Å². The molecule has 2 atom stereocenters. The van der Waals surface area contributed by atoms with Crippen LogP contribution in [-0.4, -0.2) is 30.6 Å². The molecular weight excluding hydrogens is 306 g/mol. The van der Waals surface area contributed by atoms with E-state index in [4.69, 9.17) is 4.42 Å². The van der Waals surface area contributed by atoms with Gasteiger partial charge in [-0.05, 0) is 38.5 Å². The van der Waals surface area contributed by atoms with Crippen molar-refractivity contribution >= 4 is 28.7 Å². The number of nitrogens with zero attached hydrogens (tertiary/aromatic N) is 1. The molecule has 5 heteroatoms. The van der Waals surface area contributed by atoms with Crippen molar-refractivity contribution in [2.45, 2.75) is 44.0 Å². The molecular formula is C18H25N3OS. The van der Waals surface area contributed by atoms with Crippen LogP contribution in [0.25, 0.3) is 11.0 Å². The molecule has 1 heterocycles. The maximum atomic E-state index is 5.95. The Labute approximate surface area is 142 Å². The van der Waals surface area contributed by atoms with E-state index in [1.54, 1.807) is 0 Å². The van der Waals surface area contributed by atoms with Crippen LogP contribution in [0.3, 0.4) is 0 Å². The van der Waals surface area contributed by atoms with Crippen molar-refractivity contribution in [3.8, 4) is 0 Å². The van der Waals surface area contributed by atoms with E-state index in [0.717, 1.165) is 22.6 Å². The molecule has 2 aromatic rings. The number of hydrogen-bond acceptors (Lipinski definition) is 3. The molecule has 0 saturated heterocycles. The number of aryl methyl sites for hydroxylation is 1. The van der Waals surface area contributed by atoms with Crippen molar-refractivity contribution in [1.82, 2.24) is 10.6 Å². The second-order valence-corrected chi connectivity index (χ2v) is 7.22. The Hall–Kier alpha value is -1.62. The number of furan rings is 1. The highest BCUT2D eigenvalue weighted by Crippen LogP contribution is 2.28. The third-order valence-corrected chi connectivity index (χ3v) is 5.74. The molecule has 0 radical (unpaired) electrons. The Kier molecular flexibility index (Phi) is 5.16. The molecule has 2 unspecified atom stereocenters. The van der Waals surface area contributed by atoms with Crippen molar-refractivity contribution in [2.24, 2.45) is 4.99 Å². The standard InChI is InChI=1S/C18H25N3OS/c1-12-15-6-4-5-7-16(15)22-17(12)11-20-18(19-2)21-13-8-9-14(10-13)23-3/h4-7,13-14H,8-11H2,1-3H3,(H2,19,20,21). The topological polar surface area (TPSA) is 49.6 Å². The van der Waals surface area contributed by atoms with E-state index < -0.39 is 0 Å². The Morgan fingerprint density at radius 2 is 2.17 bits per heavy atom. The number of para-hydroxylation sites is 1. The fourth-order valence-corrected chi connectivity index (χ4v) is 4.03. The number of hydrogen-bond donors (Lipinski definition) is 2. The summed E-state index contributed by atoms with van der Waals surface area (Å²) in [6.07, 6.45) is 5.92. The summed E-state index contributed by atoms with van der Waals surface area (Å²) in [6.45, 7) is 2.76. The van der Waals surface area contributed by atoms with Gasteiger partial charge in [-0.3, -0.25) is 4.99 Å². The summed E-state index contributed by atoms with van der Waals surface area (Å²) in [4.78, 5) is 4.35. The highest BCUT2D eigenvalue weighted by molar-refractivity contribution is 7.99. The van der Waals surface area contributed by atoms with Gasteiger partial charge in [0, 0.05) is 29.3 Å². The largest absolute Gasteiger partial charge is 0.459 e. The Morgan fingerprint density at radius 1 is 1.35 bits per heavy atom. The molecule has 124 valence electrons. The molecule has 1 aliphatic carbocycles. The summed E-state index contributed by atoms with van der Waals surface area (Å²) in [5.74, 6) is 1.83. The van der Waals surface area contributed by atoms with E-state index in [1.165, 1.54) is 30.2 Å². The third-order valence-electron chi connectivity index (χ3n) is 4.64. The molecule has 1 saturated carbocycles. The van der Waals surface area contributed by atoms with Crippen LogP contribution >= 0.6 is 11.8 Å². The molecule has 0 aliphatic heterocycles. The van der Waals surface area contributed by atoms with E-state index in [9.17, 15) is 0 Å². The molecule has 4 nitrogen and oxygen atoms in total. The highest BCUT2D eigenvalue weighted by Gasteiger charge is 2.24. The number of rotatable bonds is 4. The molecule has 1 aliphatic rings. The molecule has 0 spiro atoms. The predicted octanol–water partition coefficient (Wildman–Crippen LogP) is 3.69. The van der Waals surface area contributed by atoms with Crippen LogP contribution in [0, 0.1) is 6.92 Å². The van der Waals surface area contributed by atoms with E-state index in [1.807, 2.05) is 37.0 Å². The van der Waals surface area contributed by atoms with Gasteiger partial charge in [0.1, 0.15) is 11.3 Å². The van der Waals surface area contributed by atoms with E-state index in [-0.39, 0.29) is 0 Å². The fraction of sp³-hybridized carbons (Fsp3) is 0.500. The Bertz CT molecular complexity index is 695.